The minimum atomic E-state index is -0.0534. The molecule has 1 amide bonds. The number of nitrogens with one attached hydrogen (secondary N) is 2. The van der Waals surface area contributed by atoms with E-state index in [0.29, 0.717) is 11.5 Å². The number of carbonyl (C=O) groups excluding carboxylic acids is 1. The first-order valence-corrected chi connectivity index (χ1v) is 9.26. The molecule has 0 bridgehead atoms. The first-order chi connectivity index (χ1) is 12.2. The van der Waals surface area contributed by atoms with Crippen LogP contribution in [0.15, 0.2) is 30.6 Å². The van der Waals surface area contributed by atoms with E-state index >= 15 is 0 Å². The Bertz CT molecular complexity index is 842. The first-order valence-electron chi connectivity index (χ1n) is 8.04. The quantitative estimate of drug-likeness (QED) is 0.509. The molecule has 2 aromatic heterocycles. The van der Waals surface area contributed by atoms with Gasteiger partial charge in [-0.1, -0.05) is 31.1 Å². The molecule has 9 heteroatoms. The van der Waals surface area contributed by atoms with E-state index in [2.05, 4.69) is 32.9 Å². The molecule has 3 aromatic rings. The van der Waals surface area contributed by atoms with Crippen LogP contribution >= 0.6 is 23.6 Å². The molecular formula is C16H18N6OS2. The second-order valence-electron chi connectivity index (χ2n) is 5.50. The molecule has 1 aromatic carbocycles. The fourth-order valence-corrected chi connectivity index (χ4v) is 3.32. The highest BCUT2D eigenvalue weighted by molar-refractivity contribution is 7.80. The van der Waals surface area contributed by atoms with E-state index in [1.54, 1.807) is 10.8 Å². The number of unbranched alkanes of at least 4 members (excludes halogenated alkanes) is 2. The summed E-state index contributed by atoms with van der Waals surface area (Å²) in [5, 5.41) is 19.1. The van der Waals surface area contributed by atoms with Gasteiger partial charge in [0.1, 0.15) is 11.3 Å². The van der Waals surface area contributed by atoms with E-state index in [1.807, 2.05) is 24.3 Å². The van der Waals surface area contributed by atoms with Gasteiger partial charge in [-0.05, 0) is 42.9 Å². The number of benzene rings is 1. The number of nitrogens with zero attached hydrogens (tertiary/aromatic N) is 4. The van der Waals surface area contributed by atoms with Crippen molar-refractivity contribution in [3.63, 3.8) is 0 Å². The smallest absolute Gasteiger partial charge is 0.234 e. The van der Waals surface area contributed by atoms with Gasteiger partial charge in [-0.3, -0.25) is 4.79 Å². The Morgan fingerprint density at radius 1 is 1.28 bits per heavy atom. The SMILES string of the molecule is CCCCCC(=O)NC(=S)Nc1ccc(-c2nn3cnnc3s2)cc1. The number of hydrogen-bond acceptors (Lipinski definition) is 6. The Labute approximate surface area is 154 Å². The van der Waals surface area contributed by atoms with Gasteiger partial charge in [0.25, 0.3) is 0 Å². The largest absolute Gasteiger partial charge is 0.332 e. The molecule has 7 nitrogen and oxygen atoms in total. The molecule has 0 unspecified atom stereocenters. The fourth-order valence-electron chi connectivity index (χ4n) is 2.26. The third kappa shape index (κ3) is 4.58. The number of rotatable bonds is 6. The standard InChI is InChI=1S/C16H18N6OS2/c1-2-3-4-5-13(23)19-15(24)18-12-8-6-11(7-9-12)14-21-22-10-17-20-16(22)25-14/h6-10H,2-5H2,1H3,(H2,18,19,23,24). The van der Waals surface area contributed by atoms with Gasteiger partial charge in [-0.15, -0.1) is 10.2 Å². The van der Waals surface area contributed by atoms with Gasteiger partial charge in [0.2, 0.25) is 10.9 Å². The van der Waals surface area contributed by atoms with Crippen LogP contribution < -0.4 is 10.6 Å². The lowest BCUT2D eigenvalue weighted by atomic mass is 10.2. The monoisotopic (exact) mass is 374 g/mol. The average molecular weight is 374 g/mol. The summed E-state index contributed by atoms with van der Waals surface area (Å²) in [5.41, 5.74) is 1.79. The minimum Gasteiger partial charge on any atom is -0.332 e. The van der Waals surface area contributed by atoms with E-state index < -0.39 is 0 Å². The molecule has 0 aliphatic heterocycles. The Balaban J connectivity index is 1.56. The van der Waals surface area contributed by atoms with Crippen LogP contribution in [0.1, 0.15) is 32.6 Å². The van der Waals surface area contributed by atoms with Crippen molar-refractivity contribution in [2.45, 2.75) is 32.6 Å². The summed E-state index contributed by atoms with van der Waals surface area (Å²) in [5.74, 6) is -0.0534. The molecule has 0 atom stereocenters. The van der Waals surface area contributed by atoms with Crippen molar-refractivity contribution in [3.8, 4) is 10.6 Å². The summed E-state index contributed by atoms with van der Waals surface area (Å²) >= 11 is 6.65. The highest BCUT2D eigenvalue weighted by Crippen LogP contribution is 2.25. The maximum Gasteiger partial charge on any atom is 0.234 e. The molecule has 2 N–H and O–H groups in total. The summed E-state index contributed by atoms with van der Waals surface area (Å²) in [6.45, 7) is 2.11. The van der Waals surface area contributed by atoms with Crippen molar-refractivity contribution in [2.24, 2.45) is 0 Å². The van der Waals surface area contributed by atoms with Gasteiger partial charge in [0.05, 0.1) is 0 Å². The zero-order valence-corrected chi connectivity index (χ0v) is 15.4. The Hall–Kier alpha value is -2.39. The van der Waals surface area contributed by atoms with Crippen LogP contribution in [-0.2, 0) is 4.79 Å². The molecule has 0 saturated carbocycles. The van der Waals surface area contributed by atoms with Crippen LogP contribution in [0.3, 0.4) is 0 Å². The topological polar surface area (TPSA) is 84.2 Å². The average Bonchev–Trinajstić information content (AvgIpc) is 3.17. The third-order valence-electron chi connectivity index (χ3n) is 3.54. The minimum absolute atomic E-state index is 0.0534. The molecule has 0 aliphatic rings. The van der Waals surface area contributed by atoms with Crippen molar-refractivity contribution in [2.75, 3.05) is 5.32 Å². The molecule has 130 valence electrons. The van der Waals surface area contributed by atoms with E-state index in [0.717, 1.165) is 40.5 Å². The molecular weight excluding hydrogens is 356 g/mol. The van der Waals surface area contributed by atoms with E-state index in [4.69, 9.17) is 12.2 Å². The van der Waals surface area contributed by atoms with Gasteiger partial charge in [-0.2, -0.15) is 9.61 Å². The number of anilines is 1. The predicted octanol–water partition coefficient (Wildman–Crippen LogP) is 3.25. The molecule has 0 radical (unpaired) electrons. The highest BCUT2D eigenvalue weighted by Gasteiger charge is 2.08. The highest BCUT2D eigenvalue weighted by atomic mass is 32.1. The van der Waals surface area contributed by atoms with Gasteiger partial charge in [0.15, 0.2) is 5.11 Å². The summed E-state index contributed by atoms with van der Waals surface area (Å²) in [4.78, 5) is 12.5. The molecule has 3 rings (SSSR count). The van der Waals surface area contributed by atoms with E-state index in [9.17, 15) is 4.79 Å². The molecule has 0 spiro atoms. The second-order valence-corrected chi connectivity index (χ2v) is 6.87. The first kappa shape index (κ1) is 17.4. The zero-order valence-electron chi connectivity index (χ0n) is 13.7. The van der Waals surface area contributed by atoms with Crippen LogP contribution in [0.5, 0.6) is 0 Å². The summed E-state index contributed by atoms with van der Waals surface area (Å²) < 4.78 is 1.65. The number of hydrogen-bond donors (Lipinski definition) is 2. The van der Waals surface area contributed by atoms with Crippen LogP contribution in [-0.4, -0.2) is 30.8 Å². The van der Waals surface area contributed by atoms with Crippen LogP contribution in [0.2, 0.25) is 0 Å². The zero-order chi connectivity index (χ0) is 17.6. The lowest BCUT2D eigenvalue weighted by Crippen LogP contribution is -2.33. The number of thiocarbonyl (C=S) groups is 1. The summed E-state index contributed by atoms with van der Waals surface area (Å²) in [7, 11) is 0. The van der Waals surface area contributed by atoms with Crippen LogP contribution in [0, 0.1) is 0 Å². The van der Waals surface area contributed by atoms with E-state index in [-0.39, 0.29) is 5.91 Å². The van der Waals surface area contributed by atoms with E-state index in [1.165, 1.54) is 11.3 Å². The van der Waals surface area contributed by atoms with Crippen molar-refractivity contribution in [1.29, 1.82) is 0 Å². The second kappa shape index (κ2) is 8.13. The molecule has 0 aliphatic carbocycles. The Morgan fingerprint density at radius 3 is 2.80 bits per heavy atom. The van der Waals surface area contributed by atoms with Gasteiger partial charge >= 0.3 is 0 Å². The van der Waals surface area contributed by atoms with Crippen LogP contribution in [0.4, 0.5) is 5.69 Å². The van der Waals surface area contributed by atoms with Crippen molar-refractivity contribution in [3.05, 3.63) is 30.6 Å². The van der Waals surface area contributed by atoms with Crippen molar-refractivity contribution < 1.29 is 4.79 Å². The fraction of sp³-hybridized carbons (Fsp3) is 0.312. The summed E-state index contributed by atoms with van der Waals surface area (Å²) in [6.07, 6.45) is 5.09. The number of fused-ring (bicyclic) bond motifs is 1. The molecule has 0 saturated heterocycles. The Morgan fingerprint density at radius 2 is 2.08 bits per heavy atom. The molecule has 0 fully saturated rings. The number of amides is 1. The lowest BCUT2D eigenvalue weighted by molar-refractivity contribution is -0.119. The summed E-state index contributed by atoms with van der Waals surface area (Å²) in [6, 6.07) is 7.68. The van der Waals surface area contributed by atoms with Crippen molar-refractivity contribution >= 4 is 45.2 Å². The maximum atomic E-state index is 11.8. The van der Waals surface area contributed by atoms with Gasteiger partial charge in [0, 0.05) is 17.7 Å². The number of carbonyl (C=O) groups is 1. The lowest BCUT2D eigenvalue weighted by Gasteiger charge is -2.09. The predicted molar refractivity (Wildman–Crippen MR) is 103 cm³/mol. The van der Waals surface area contributed by atoms with Crippen molar-refractivity contribution in [1.82, 2.24) is 25.1 Å². The Kier molecular flexibility index (Phi) is 5.67. The number of aromatic nitrogens is 4. The van der Waals surface area contributed by atoms with Gasteiger partial charge < -0.3 is 10.6 Å². The maximum absolute atomic E-state index is 11.8. The van der Waals surface area contributed by atoms with Gasteiger partial charge in [-0.25, -0.2) is 0 Å². The normalized spacial score (nSPS) is 10.8. The molecule has 2 heterocycles. The molecule has 25 heavy (non-hydrogen) atoms. The third-order valence-corrected chi connectivity index (χ3v) is 4.70. The van der Waals surface area contributed by atoms with Crippen LogP contribution in [0.25, 0.3) is 15.5 Å².